The first-order valence-corrected chi connectivity index (χ1v) is 7.00. The van der Waals surface area contributed by atoms with Crippen LogP contribution in [0.1, 0.15) is 15.2 Å². The summed E-state index contributed by atoms with van der Waals surface area (Å²) in [4.78, 5) is 24.2. The Morgan fingerprint density at radius 3 is 2.75 bits per heavy atom. The summed E-state index contributed by atoms with van der Waals surface area (Å²) >= 11 is 1.31. The normalized spacial score (nSPS) is 16.1. The Bertz CT molecular complexity index is 615. The molecule has 1 unspecified atom stereocenters. The number of rotatable bonds is 2. The SMILES string of the molecule is O=C(NNC(=O)C1Cc2ccccc2O1)c1cccs1. The number of benzene rings is 1. The van der Waals surface area contributed by atoms with Gasteiger partial charge in [0, 0.05) is 6.42 Å². The number of hydrogen-bond donors (Lipinski definition) is 2. The molecule has 2 amide bonds. The fourth-order valence-corrected chi connectivity index (χ4v) is 2.62. The van der Waals surface area contributed by atoms with Crippen LogP contribution >= 0.6 is 11.3 Å². The van der Waals surface area contributed by atoms with Crippen molar-refractivity contribution in [3.05, 3.63) is 52.2 Å². The molecule has 1 atom stereocenters. The van der Waals surface area contributed by atoms with Crippen LogP contribution in [0.25, 0.3) is 0 Å². The molecular formula is C14H12N2O3S. The summed E-state index contributed by atoms with van der Waals surface area (Å²) in [6.07, 6.45) is -0.0901. The maximum absolute atomic E-state index is 11.9. The smallest absolute Gasteiger partial charge is 0.279 e. The van der Waals surface area contributed by atoms with Crippen LogP contribution in [0.3, 0.4) is 0 Å². The molecule has 0 spiro atoms. The Balaban J connectivity index is 1.55. The third kappa shape index (κ3) is 2.50. The van der Waals surface area contributed by atoms with Gasteiger partial charge in [-0.05, 0) is 23.1 Å². The van der Waals surface area contributed by atoms with Crippen molar-refractivity contribution >= 4 is 23.2 Å². The van der Waals surface area contributed by atoms with Crippen LogP contribution in [0.15, 0.2) is 41.8 Å². The molecule has 0 radical (unpaired) electrons. The lowest BCUT2D eigenvalue weighted by molar-refractivity contribution is -0.128. The number of thiophene rings is 1. The summed E-state index contributed by atoms with van der Waals surface area (Å²) < 4.78 is 5.53. The van der Waals surface area contributed by atoms with Crippen LogP contribution in [0, 0.1) is 0 Å². The topological polar surface area (TPSA) is 67.4 Å². The molecular weight excluding hydrogens is 276 g/mol. The van der Waals surface area contributed by atoms with Gasteiger partial charge >= 0.3 is 0 Å². The number of nitrogens with one attached hydrogen (secondary N) is 2. The number of carbonyl (C=O) groups is 2. The number of carbonyl (C=O) groups excluding carboxylic acids is 2. The molecule has 1 aromatic heterocycles. The molecule has 1 aliphatic heterocycles. The fourth-order valence-electron chi connectivity index (χ4n) is 2.00. The van der Waals surface area contributed by atoms with E-state index in [1.807, 2.05) is 24.3 Å². The third-order valence-corrected chi connectivity index (χ3v) is 3.85. The highest BCUT2D eigenvalue weighted by Gasteiger charge is 2.28. The van der Waals surface area contributed by atoms with Gasteiger partial charge in [-0.3, -0.25) is 20.4 Å². The molecule has 20 heavy (non-hydrogen) atoms. The Kier molecular flexibility index (Phi) is 3.39. The van der Waals surface area contributed by atoms with Crippen molar-refractivity contribution < 1.29 is 14.3 Å². The van der Waals surface area contributed by atoms with E-state index >= 15 is 0 Å². The van der Waals surface area contributed by atoms with Crippen molar-refractivity contribution in [1.29, 1.82) is 0 Å². The van der Waals surface area contributed by atoms with Crippen LogP contribution in [0.4, 0.5) is 0 Å². The standard InChI is InChI=1S/C14H12N2O3S/c17-13(15-16-14(18)12-6-3-7-20-12)11-8-9-4-1-2-5-10(9)19-11/h1-7,11H,8H2,(H,15,17)(H,16,18). The molecule has 0 bridgehead atoms. The Labute approximate surface area is 119 Å². The van der Waals surface area contributed by atoms with Crippen molar-refractivity contribution in [1.82, 2.24) is 10.9 Å². The molecule has 0 saturated heterocycles. The Morgan fingerprint density at radius 1 is 1.15 bits per heavy atom. The van der Waals surface area contributed by atoms with E-state index in [2.05, 4.69) is 10.9 Å². The summed E-state index contributed by atoms with van der Waals surface area (Å²) in [5, 5.41) is 1.80. The summed E-state index contributed by atoms with van der Waals surface area (Å²) in [5.74, 6) is 0.0344. The van der Waals surface area contributed by atoms with E-state index in [1.54, 1.807) is 17.5 Å². The molecule has 2 heterocycles. The van der Waals surface area contributed by atoms with E-state index in [0.717, 1.165) is 11.3 Å². The molecule has 3 rings (SSSR count). The van der Waals surface area contributed by atoms with Gasteiger partial charge in [-0.15, -0.1) is 11.3 Å². The highest BCUT2D eigenvalue weighted by atomic mass is 32.1. The molecule has 0 saturated carbocycles. The van der Waals surface area contributed by atoms with Gasteiger partial charge in [-0.2, -0.15) is 0 Å². The zero-order valence-corrected chi connectivity index (χ0v) is 11.3. The molecule has 2 aromatic rings. The second kappa shape index (κ2) is 5.34. The number of fused-ring (bicyclic) bond motifs is 1. The third-order valence-electron chi connectivity index (χ3n) is 2.98. The highest BCUT2D eigenvalue weighted by Crippen LogP contribution is 2.27. The maximum atomic E-state index is 11.9. The largest absolute Gasteiger partial charge is 0.480 e. The van der Waals surface area contributed by atoms with Gasteiger partial charge in [0.15, 0.2) is 6.10 Å². The molecule has 1 aromatic carbocycles. The molecule has 5 nitrogen and oxygen atoms in total. The average Bonchev–Trinajstić information content (AvgIpc) is 3.12. The molecule has 0 aliphatic carbocycles. The second-order valence-electron chi connectivity index (χ2n) is 4.34. The van der Waals surface area contributed by atoms with Crippen LogP contribution in [-0.4, -0.2) is 17.9 Å². The summed E-state index contributed by atoms with van der Waals surface area (Å²) in [7, 11) is 0. The van der Waals surface area contributed by atoms with E-state index in [1.165, 1.54) is 11.3 Å². The summed E-state index contributed by atoms with van der Waals surface area (Å²) in [5.41, 5.74) is 5.77. The first-order valence-electron chi connectivity index (χ1n) is 6.12. The zero-order valence-electron chi connectivity index (χ0n) is 10.5. The Morgan fingerprint density at radius 2 is 2.00 bits per heavy atom. The van der Waals surface area contributed by atoms with Gasteiger partial charge in [0.25, 0.3) is 11.8 Å². The second-order valence-corrected chi connectivity index (χ2v) is 5.29. The minimum absolute atomic E-state index is 0.330. The number of hydrogen-bond acceptors (Lipinski definition) is 4. The Hall–Kier alpha value is -2.34. The maximum Gasteiger partial charge on any atom is 0.279 e. The molecule has 102 valence electrons. The van der Waals surface area contributed by atoms with Crippen molar-refractivity contribution in [3.8, 4) is 5.75 Å². The summed E-state index contributed by atoms with van der Waals surface area (Å²) in [6, 6.07) is 11.0. The minimum Gasteiger partial charge on any atom is -0.480 e. The predicted molar refractivity (Wildman–Crippen MR) is 74.5 cm³/mol. The van der Waals surface area contributed by atoms with Gasteiger partial charge in [0.2, 0.25) is 0 Å². The molecule has 6 heteroatoms. The zero-order chi connectivity index (χ0) is 13.9. The van der Waals surface area contributed by atoms with Crippen LogP contribution in [0.5, 0.6) is 5.75 Å². The minimum atomic E-state index is -0.601. The van der Waals surface area contributed by atoms with Crippen molar-refractivity contribution in [2.24, 2.45) is 0 Å². The fraction of sp³-hybridized carbons (Fsp3) is 0.143. The first kappa shape index (κ1) is 12.7. The highest BCUT2D eigenvalue weighted by molar-refractivity contribution is 7.12. The van der Waals surface area contributed by atoms with Crippen LogP contribution < -0.4 is 15.6 Å². The van der Waals surface area contributed by atoms with Crippen molar-refractivity contribution in [2.75, 3.05) is 0 Å². The van der Waals surface area contributed by atoms with Gasteiger partial charge < -0.3 is 4.74 Å². The molecule has 1 aliphatic rings. The lowest BCUT2D eigenvalue weighted by Gasteiger charge is -2.11. The average molecular weight is 288 g/mol. The van der Waals surface area contributed by atoms with Gasteiger partial charge in [0.1, 0.15) is 5.75 Å². The van der Waals surface area contributed by atoms with E-state index in [0.29, 0.717) is 11.3 Å². The van der Waals surface area contributed by atoms with Crippen LogP contribution in [0.2, 0.25) is 0 Å². The lowest BCUT2D eigenvalue weighted by Crippen LogP contribution is -2.47. The van der Waals surface area contributed by atoms with E-state index in [9.17, 15) is 9.59 Å². The first-order chi connectivity index (χ1) is 9.74. The number of amides is 2. The van der Waals surface area contributed by atoms with Crippen molar-refractivity contribution in [3.63, 3.8) is 0 Å². The molecule has 0 fully saturated rings. The number of ether oxygens (including phenoxy) is 1. The number of para-hydroxylation sites is 1. The number of hydrazine groups is 1. The van der Waals surface area contributed by atoms with Gasteiger partial charge in [-0.1, -0.05) is 24.3 Å². The summed E-state index contributed by atoms with van der Waals surface area (Å²) in [6.45, 7) is 0. The van der Waals surface area contributed by atoms with E-state index in [4.69, 9.17) is 4.74 Å². The monoisotopic (exact) mass is 288 g/mol. The molecule has 2 N–H and O–H groups in total. The van der Waals surface area contributed by atoms with Gasteiger partial charge in [-0.25, -0.2) is 0 Å². The van der Waals surface area contributed by atoms with Crippen LogP contribution in [-0.2, 0) is 11.2 Å². The van der Waals surface area contributed by atoms with E-state index < -0.39 is 6.10 Å². The van der Waals surface area contributed by atoms with E-state index in [-0.39, 0.29) is 11.8 Å². The predicted octanol–water partition coefficient (Wildman–Crippen LogP) is 1.51. The quantitative estimate of drug-likeness (QED) is 0.823. The van der Waals surface area contributed by atoms with Gasteiger partial charge in [0.05, 0.1) is 4.88 Å². The van der Waals surface area contributed by atoms with Crippen molar-refractivity contribution in [2.45, 2.75) is 12.5 Å². The lowest BCUT2D eigenvalue weighted by atomic mass is 10.1.